The van der Waals surface area contributed by atoms with E-state index in [2.05, 4.69) is 21.2 Å². The van der Waals surface area contributed by atoms with Gasteiger partial charge in [0.05, 0.1) is 6.26 Å². The first-order valence-electron chi connectivity index (χ1n) is 6.07. The quantitative estimate of drug-likeness (QED) is 0.664. The summed E-state index contributed by atoms with van der Waals surface area (Å²) in [4.78, 5) is 23.0. The minimum atomic E-state index is -0.614. The molecule has 1 amide bonds. The molecule has 0 saturated heterocycles. The average Bonchev–Trinajstić information content (AvgIpc) is 2.99. The first-order valence-corrected chi connectivity index (χ1v) is 6.86. The number of carbonyl (C=O) groups excluding carboxylic acids is 2. The van der Waals surface area contributed by atoms with Crippen molar-refractivity contribution in [3.05, 3.63) is 59.0 Å². The predicted molar refractivity (Wildman–Crippen MR) is 81.5 cm³/mol. The average molecular weight is 350 g/mol. The molecule has 0 saturated carbocycles. The third kappa shape index (κ3) is 5.27. The van der Waals surface area contributed by atoms with Gasteiger partial charge < -0.3 is 14.5 Å². The van der Waals surface area contributed by atoms with Gasteiger partial charge in [0.25, 0.3) is 5.91 Å². The fourth-order valence-corrected chi connectivity index (χ4v) is 1.72. The SMILES string of the molecule is O=C(COC(=O)C=Cc1ccco1)Nc1ccc(Br)cc1. The third-order valence-corrected chi connectivity index (χ3v) is 2.93. The van der Waals surface area contributed by atoms with Crippen molar-refractivity contribution in [3.63, 3.8) is 0 Å². The first kappa shape index (κ1) is 15.1. The van der Waals surface area contributed by atoms with Crippen molar-refractivity contribution in [1.29, 1.82) is 0 Å². The number of hydrogen-bond donors (Lipinski definition) is 1. The smallest absolute Gasteiger partial charge is 0.331 e. The second-order valence-electron chi connectivity index (χ2n) is 4.01. The summed E-state index contributed by atoms with van der Waals surface area (Å²) >= 11 is 3.30. The van der Waals surface area contributed by atoms with Crippen LogP contribution in [0.5, 0.6) is 0 Å². The molecule has 0 spiro atoms. The summed E-state index contributed by atoms with van der Waals surface area (Å²) in [5.74, 6) is -0.485. The zero-order valence-electron chi connectivity index (χ0n) is 10.9. The molecule has 2 rings (SSSR count). The van der Waals surface area contributed by atoms with Crippen LogP contribution in [0.25, 0.3) is 6.08 Å². The number of hydrogen-bond acceptors (Lipinski definition) is 4. The van der Waals surface area contributed by atoms with Crippen molar-refractivity contribution >= 4 is 39.6 Å². The number of anilines is 1. The lowest BCUT2D eigenvalue weighted by molar-refractivity contribution is -0.142. The standard InChI is InChI=1S/C15H12BrNO4/c16-11-3-5-12(6-4-11)17-14(18)10-21-15(19)8-7-13-2-1-9-20-13/h1-9H,10H2,(H,17,18). The van der Waals surface area contributed by atoms with E-state index in [0.29, 0.717) is 11.4 Å². The van der Waals surface area contributed by atoms with E-state index in [0.717, 1.165) is 4.47 Å². The molecule has 0 aliphatic carbocycles. The molecule has 1 aromatic heterocycles. The summed E-state index contributed by atoms with van der Waals surface area (Å²) in [6, 6.07) is 10.5. The lowest BCUT2D eigenvalue weighted by Gasteiger charge is -2.05. The van der Waals surface area contributed by atoms with Crippen LogP contribution in [-0.4, -0.2) is 18.5 Å². The lowest BCUT2D eigenvalue weighted by atomic mass is 10.3. The zero-order chi connectivity index (χ0) is 15.1. The van der Waals surface area contributed by atoms with E-state index in [4.69, 9.17) is 9.15 Å². The number of benzene rings is 1. The van der Waals surface area contributed by atoms with Crippen LogP contribution in [0, 0.1) is 0 Å². The summed E-state index contributed by atoms with van der Waals surface area (Å²) < 4.78 is 10.7. The molecule has 5 nitrogen and oxygen atoms in total. The molecule has 6 heteroatoms. The highest BCUT2D eigenvalue weighted by Crippen LogP contribution is 2.13. The predicted octanol–water partition coefficient (Wildman–Crippen LogP) is 3.24. The number of rotatable bonds is 5. The Hall–Kier alpha value is -2.34. The molecule has 1 heterocycles. The maximum atomic E-state index is 11.6. The van der Waals surface area contributed by atoms with E-state index in [-0.39, 0.29) is 6.61 Å². The van der Waals surface area contributed by atoms with Gasteiger partial charge in [-0.05, 0) is 42.5 Å². The number of esters is 1. The molecule has 0 radical (unpaired) electrons. The van der Waals surface area contributed by atoms with Crippen LogP contribution >= 0.6 is 15.9 Å². The van der Waals surface area contributed by atoms with E-state index in [1.165, 1.54) is 18.4 Å². The van der Waals surface area contributed by atoms with Gasteiger partial charge in [-0.1, -0.05) is 15.9 Å². The number of carbonyl (C=O) groups is 2. The molecule has 108 valence electrons. The Kier molecular flexibility index (Phi) is 5.34. The second kappa shape index (κ2) is 7.44. The van der Waals surface area contributed by atoms with E-state index in [1.54, 1.807) is 36.4 Å². The van der Waals surface area contributed by atoms with Crippen molar-refractivity contribution in [2.45, 2.75) is 0 Å². The number of halogens is 1. The molecular weight excluding hydrogens is 338 g/mol. The highest BCUT2D eigenvalue weighted by atomic mass is 79.9. The summed E-state index contributed by atoms with van der Waals surface area (Å²) in [6.07, 6.45) is 4.16. The monoisotopic (exact) mass is 349 g/mol. The fraction of sp³-hybridized carbons (Fsp3) is 0.0667. The number of amides is 1. The van der Waals surface area contributed by atoms with E-state index in [9.17, 15) is 9.59 Å². The molecule has 1 N–H and O–H groups in total. The molecule has 0 aliphatic heterocycles. The topological polar surface area (TPSA) is 68.5 Å². The molecule has 0 fully saturated rings. The normalized spacial score (nSPS) is 10.5. The van der Waals surface area contributed by atoms with Crippen LogP contribution in [-0.2, 0) is 14.3 Å². The molecule has 2 aromatic rings. The summed E-state index contributed by atoms with van der Waals surface area (Å²) in [6.45, 7) is -0.350. The van der Waals surface area contributed by atoms with E-state index in [1.807, 2.05) is 0 Å². The fourth-order valence-electron chi connectivity index (χ4n) is 1.45. The Balaban J connectivity index is 1.75. The Morgan fingerprint density at radius 3 is 2.67 bits per heavy atom. The second-order valence-corrected chi connectivity index (χ2v) is 4.93. The van der Waals surface area contributed by atoms with Crippen LogP contribution in [0.1, 0.15) is 5.76 Å². The van der Waals surface area contributed by atoms with Gasteiger partial charge >= 0.3 is 5.97 Å². The van der Waals surface area contributed by atoms with Crippen molar-refractivity contribution in [1.82, 2.24) is 0 Å². The molecular formula is C15H12BrNO4. The van der Waals surface area contributed by atoms with Gasteiger partial charge in [-0.15, -0.1) is 0 Å². The maximum Gasteiger partial charge on any atom is 0.331 e. The molecule has 0 atom stereocenters. The highest BCUT2D eigenvalue weighted by molar-refractivity contribution is 9.10. The largest absolute Gasteiger partial charge is 0.465 e. The van der Waals surface area contributed by atoms with Crippen molar-refractivity contribution < 1.29 is 18.7 Å². The number of ether oxygens (including phenoxy) is 1. The summed E-state index contributed by atoms with van der Waals surface area (Å²) in [7, 11) is 0. The van der Waals surface area contributed by atoms with Crippen LogP contribution < -0.4 is 5.32 Å². The van der Waals surface area contributed by atoms with Gasteiger partial charge in [0, 0.05) is 16.2 Å². The number of nitrogens with one attached hydrogen (secondary N) is 1. The molecule has 0 unspecified atom stereocenters. The van der Waals surface area contributed by atoms with E-state index < -0.39 is 11.9 Å². The van der Waals surface area contributed by atoms with Gasteiger partial charge in [0.1, 0.15) is 5.76 Å². The minimum absolute atomic E-state index is 0.350. The molecule has 0 aliphatic rings. The van der Waals surface area contributed by atoms with Crippen LogP contribution in [0.2, 0.25) is 0 Å². The van der Waals surface area contributed by atoms with Crippen molar-refractivity contribution in [2.75, 3.05) is 11.9 Å². The Morgan fingerprint density at radius 2 is 2.00 bits per heavy atom. The lowest BCUT2D eigenvalue weighted by Crippen LogP contribution is -2.20. The molecule has 1 aromatic carbocycles. The molecule has 21 heavy (non-hydrogen) atoms. The summed E-state index contributed by atoms with van der Waals surface area (Å²) in [5.41, 5.74) is 0.630. The van der Waals surface area contributed by atoms with Gasteiger partial charge in [-0.25, -0.2) is 4.79 Å². The van der Waals surface area contributed by atoms with E-state index >= 15 is 0 Å². The Labute approximate surface area is 129 Å². The minimum Gasteiger partial charge on any atom is -0.465 e. The third-order valence-electron chi connectivity index (χ3n) is 2.40. The van der Waals surface area contributed by atoms with Gasteiger partial charge in [-0.2, -0.15) is 0 Å². The zero-order valence-corrected chi connectivity index (χ0v) is 12.5. The Bertz CT molecular complexity index is 632. The van der Waals surface area contributed by atoms with Crippen LogP contribution in [0.4, 0.5) is 5.69 Å². The maximum absolute atomic E-state index is 11.6. The van der Waals surface area contributed by atoms with Crippen LogP contribution in [0.15, 0.2) is 57.6 Å². The van der Waals surface area contributed by atoms with Crippen molar-refractivity contribution in [3.8, 4) is 0 Å². The van der Waals surface area contributed by atoms with Crippen LogP contribution in [0.3, 0.4) is 0 Å². The Morgan fingerprint density at radius 1 is 1.24 bits per heavy atom. The van der Waals surface area contributed by atoms with Gasteiger partial charge in [0.15, 0.2) is 6.61 Å². The first-order chi connectivity index (χ1) is 10.1. The summed E-state index contributed by atoms with van der Waals surface area (Å²) in [5, 5.41) is 2.61. The van der Waals surface area contributed by atoms with Crippen molar-refractivity contribution in [2.24, 2.45) is 0 Å². The van der Waals surface area contributed by atoms with Gasteiger partial charge in [0.2, 0.25) is 0 Å². The van der Waals surface area contributed by atoms with Gasteiger partial charge in [-0.3, -0.25) is 4.79 Å². The highest BCUT2D eigenvalue weighted by Gasteiger charge is 2.05. The number of furan rings is 1. The molecule has 0 bridgehead atoms.